The summed E-state index contributed by atoms with van der Waals surface area (Å²) in [6.07, 6.45) is 0.00421. The molecule has 210 valence electrons. The molecule has 7 heteroatoms. The number of benzene rings is 2. The fourth-order valence-corrected chi connectivity index (χ4v) is 12.3. The van der Waals surface area contributed by atoms with Gasteiger partial charge in [0, 0.05) is 12.8 Å². The van der Waals surface area contributed by atoms with Gasteiger partial charge in [0.1, 0.15) is 12.2 Å². The Morgan fingerprint density at radius 3 is 1.42 bits per heavy atom. The SMILES string of the molecule is CC(C)(C)[Si](C)(C)O[C@@H]1C[C@H](O[Si](c2ccccc2)(c2ccccc2)C(C)(C)C)C[C@H](O[Si](C)(C)C)C1=O. The maximum Gasteiger partial charge on any atom is 0.261 e. The van der Waals surface area contributed by atoms with Crippen molar-refractivity contribution in [2.45, 2.75) is 116 Å². The predicted molar refractivity (Wildman–Crippen MR) is 167 cm³/mol. The van der Waals surface area contributed by atoms with Crippen LogP contribution in [0.25, 0.3) is 0 Å². The van der Waals surface area contributed by atoms with Crippen molar-refractivity contribution in [2.75, 3.05) is 0 Å². The van der Waals surface area contributed by atoms with Crippen LogP contribution in [0.2, 0.25) is 42.8 Å². The Balaban J connectivity index is 2.10. The minimum absolute atomic E-state index is 0.00814. The Morgan fingerprint density at radius 1 is 0.632 bits per heavy atom. The van der Waals surface area contributed by atoms with Crippen LogP contribution >= 0.6 is 0 Å². The molecule has 0 N–H and O–H groups in total. The molecule has 1 saturated carbocycles. The highest BCUT2D eigenvalue weighted by Crippen LogP contribution is 2.42. The van der Waals surface area contributed by atoms with Crippen molar-refractivity contribution in [3.63, 3.8) is 0 Å². The number of ketones is 1. The van der Waals surface area contributed by atoms with E-state index >= 15 is 0 Å². The van der Waals surface area contributed by atoms with Gasteiger partial charge in [-0.1, -0.05) is 102 Å². The standard InChI is InChI=1S/C31H50O4Si3/c1-30(2,3)37(10,11)35-28-23-24(22-27(29(28)32)34-36(7,8)9)33-38(31(4,5)6,25-18-14-12-15-19-25)26-20-16-13-17-21-26/h12-21,24,27-28H,22-23H2,1-11H3/t24-,27+,28-/m1/s1. The van der Waals surface area contributed by atoms with Crippen molar-refractivity contribution in [3.8, 4) is 0 Å². The van der Waals surface area contributed by atoms with Crippen LogP contribution in [0.4, 0.5) is 0 Å². The average molecular weight is 571 g/mol. The van der Waals surface area contributed by atoms with Crippen LogP contribution in [-0.2, 0) is 18.1 Å². The molecule has 0 heterocycles. The van der Waals surface area contributed by atoms with Crippen LogP contribution in [0.1, 0.15) is 54.4 Å². The van der Waals surface area contributed by atoms with E-state index in [9.17, 15) is 4.79 Å². The first-order valence-corrected chi connectivity index (χ1v) is 22.3. The van der Waals surface area contributed by atoms with E-state index in [4.69, 9.17) is 13.3 Å². The Morgan fingerprint density at radius 2 is 1.05 bits per heavy atom. The van der Waals surface area contributed by atoms with E-state index in [0.29, 0.717) is 12.8 Å². The Labute approximate surface area is 234 Å². The minimum atomic E-state index is -2.77. The molecule has 1 fully saturated rings. The van der Waals surface area contributed by atoms with Gasteiger partial charge in [0.25, 0.3) is 8.32 Å². The Kier molecular flexibility index (Phi) is 9.23. The summed E-state index contributed by atoms with van der Waals surface area (Å²) >= 11 is 0. The van der Waals surface area contributed by atoms with Gasteiger partial charge in [-0.15, -0.1) is 0 Å². The summed E-state index contributed by atoms with van der Waals surface area (Å²) in [7, 11) is -6.93. The van der Waals surface area contributed by atoms with E-state index in [2.05, 4.69) is 135 Å². The van der Waals surface area contributed by atoms with Crippen LogP contribution in [0.15, 0.2) is 60.7 Å². The van der Waals surface area contributed by atoms with Gasteiger partial charge < -0.3 is 13.3 Å². The number of carbonyl (C=O) groups excluding carboxylic acids is 1. The third-order valence-electron chi connectivity index (χ3n) is 8.09. The molecule has 0 unspecified atom stereocenters. The van der Waals surface area contributed by atoms with E-state index in [-0.39, 0.29) is 22.0 Å². The van der Waals surface area contributed by atoms with Gasteiger partial charge in [-0.25, -0.2) is 0 Å². The first-order valence-electron chi connectivity index (χ1n) is 14.1. The molecule has 4 nitrogen and oxygen atoms in total. The van der Waals surface area contributed by atoms with Crippen molar-refractivity contribution < 1.29 is 18.1 Å². The maximum atomic E-state index is 13.8. The lowest BCUT2D eigenvalue weighted by molar-refractivity contribution is -0.141. The first kappa shape index (κ1) is 31.2. The molecule has 3 atom stereocenters. The van der Waals surface area contributed by atoms with E-state index < -0.39 is 37.2 Å². The summed E-state index contributed by atoms with van der Waals surface area (Å²) in [4.78, 5) is 13.8. The fourth-order valence-electron chi connectivity index (χ4n) is 5.22. The predicted octanol–water partition coefficient (Wildman–Crippen LogP) is 6.91. The second kappa shape index (κ2) is 11.3. The lowest BCUT2D eigenvalue weighted by Gasteiger charge is -2.48. The lowest BCUT2D eigenvalue weighted by atomic mass is 9.91. The normalized spacial score (nSPS) is 22.0. The van der Waals surface area contributed by atoms with E-state index in [1.807, 2.05) is 0 Å². The van der Waals surface area contributed by atoms with Crippen molar-refractivity contribution in [1.29, 1.82) is 0 Å². The second-order valence-corrected chi connectivity index (χ2v) is 27.8. The van der Waals surface area contributed by atoms with Gasteiger partial charge in [0.15, 0.2) is 22.4 Å². The molecule has 0 amide bonds. The second-order valence-electron chi connectivity index (χ2n) is 14.4. The van der Waals surface area contributed by atoms with Crippen LogP contribution < -0.4 is 10.4 Å². The third-order valence-corrected chi connectivity index (χ3v) is 18.7. The van der Waals surface area contributed by atoms with Gasteiger partial charge in [-0.3, -0.25) is 4.79 Å². The molecule has 0 saturated heterocycles. The lowest BCUT2D eigenvalue weighted by Crippen LogP contribution is -2.68. The highest BCUT2D eigenvalue weighted by molar-refractivity contribution is 6.99. The molecule has 0 bridgehead atoms. The monoisotopic (exact) mass is 570 g/mol. The number of Topliss-reactive ketones (excluding diaryl/α,β-unsaturated/α-hetero) is 1. The summed E-state index contributed by atoms with van der Waals surface area (Å²) in [5.74, 6) is 0.0968. The van der Waals surface area contributed by atoms with Crippen molar-refractivity contribution in [1.82, 2.24) is 0 Å². The molecule has 0 aliphatic heterocycles. The first-order chi connectivity index (χ1) is 17.4. The number of hydrogen-bond acceptors (Lipinski definition) is 4. The molecule has 1 aliphatic carbocycles. The molecule has 3 rings (SSSR count). The van der Waals surface area contributed by atoms with E-state index in [1.165, 1.54) is 10.4 Å². The Bertz CT molecular complexity index is 1030. The quantitative estimate of drug-likeness (QED) is 0.324. The number of hydrogen-bond donors (Lipinski definition) is 0. The molecule has 38 heavy (non-hydrogen) atoms. The molecule has 0 spiro atoms. The summed E-state index contributed by atoms with van der Waals surface area (Å²) in [6, 6.07) is 21.5. The van der Waals surface area contributed by atoms with Gasteiger partial charge in [-0.05, 0) is 53.2 Å². The molecule has 2 aromatic rings. The topological polar surface area (TPSA) is 44.8 Å². The van der Waals surface area contributed by atoms with Crippen molar-refractivity contribution >= 4 is 41.1 Å². The maximum absolute atomic E-state index is 13.8. The number of carbonyl (C=O) groups is 1. The molecule has 1 aliphatic rings. The number of rotatable bonds is 8. The summed E-state index contributed by atoms with van der Waals surface area (Å²) in [6.45, 7) is 24.5. The highest BCUT2D eigenvalue weighted by atomic mass is 28.4. The largest absolute Gasteiger partial charge is 0.408 e. The molecule has 2 aromatic carbocycles. The van der Waals surface area contributed by atoms with E-state index in [0.717, 1.165) is 0 Å². The highest BCUT2D eigenvalue weighted by Gasteiger charge is 2.54. The molecule has 0 aromatic heterocycles. The summed E-state index contributed by atoms with van der Waals surface area (Å²) < 4.78 is 20.8. The van der Waals surface area contributed by atoms with Gasteiger partial charge in [0.05, 0.1) is 6.10 Å². The van der Waals surface area contributed by atoms with Gasteiger partial charge in [0.2, 0.25) is 0 Å². The zero-order valence-corrected chi connectivity index (χ0v) is 28.6. The average Bonchev–Trinajstić information content (AvgIpc) is 2.79. The zero-order valence-electron chi connectivity index (χ0n) is 25.6. The van der Waals surface area contributed by atoms with Crippen molar-refractivity contribution in [3.05, 3.63) is 60.7 Å². The van der Waals surface area contributed by atoms with Gasteiger partial charge in [-0.2, -0.15) is 0 Å². The Hall–Kier alpha value is -1.36. The zero-order chi connectivity index (χ0) is 28.6. The smallest absolute Gasteiger partial charge is 0.261 e. The van der Waals surface area contributed by atoms with Crippen LogP contribution in [0.3, 0.4) is 0 Å². The van der Waals surface area contributed by atoms with Gasteiger partial charge >= 0.3 is 0 Å². The molecular formula is C31H50O4Si3. The minimum Gasteiger partial charge on any atom is -0.408 e. The molecule has 0 radical (unpaired) electrons. The van der Waals surface area contributed by atoms with Crippen LogP contribution in [-0.4, -0.2) is 49.0 Å². The third kappa shape index (κ3) is 6.85. The fraction of sp³-hybridized carbons (Fsp3) is 0.581. The summed E-state index contributed by atoms with van der Waals surface area (Å²) in [5.41, 5.74) is 0. The van der Waals surface area contributed by atoms with Crippen LogP contribution in [0.5, 0.6) is 0 Å². The molecular weight excluding hydrogens is 521 g/mol. The van der Waals surface area contributed by atoms with Crippen LogP contribution in [0, 0.1) is 0 Å². The van der Waals surface area contributed by atoms with Crippen molar-refractivity contribution in [2.24, 2.45) is 0 Å². The summed E-state index contributed by atoms with van der Waals surface area (Å²) in [5, 5.41) is 2.37. The van der Waals surface area contributed by atoms with E-state index in [1.54, 1.807) is 0 Å².